The van der Waals surface area contributed by atoms with Gasteiger partial charge in [0.15, 0.2) is 5.76 Å². The predicted molar refractivity (Wildman–Crippen MR) is 107 cm³/mol. The number of aromatic carboxylic acids is 1. The summed E-state index contributed by atoms with van der Waals surface area (Å²) in [4.78, 5) is 24.6. The molecule has 1 amide bonds. The zero-order valence-electron chi connectivity index (χ0n) is 14.4. The van der Waals surface area contributed by atoms with Gasteiger partial charge in [0, 0.05) is 22.5 Å². The molecular formula is C20H15FN2O4S. The number of benzene rings is 1. The molecule has 28 heavy (non-hydrogen) atoms. The van der Waals surface area contributed by atoms with Gasteiger partial charge in [-0.1, -0.05) is 24.8 Å². The molecule has 0 radical (unpaired) electrons. The third kappa shape index (κ3) is 3.86. The second-order valence-corrected chi connectivity index (χ2v) is 6.54. The average molecular weight is 398 g/mol. The molecule has 0 unspecified atom stereocenters. The SMILES string of the molecule is C=C(F)/C=C\C(=C/N)c1scc(NC(=O)c2cc3ccccc3o2)c1C(=O)O. The minimum Gasteiger partial charge on any atom is -0.478 e. The number of anilines is 1. The van der Waals surface area contributed by atoms with Gasteiger partial charge in [0.1, 0.15) is 17.0 Å². The molecule has 0 spiro atoms. The second-order valence-electron chi connectivity index (χ2n) is 5.66. The second kappa shape index (κ2) is 7.93. The van der Waals surface area contributed by atoms with Gasteiger partial charge in [-0.05, 0) is 24.3 Å². The number of rotatable bonds is 6. The van der Waals surface area contributed by atoms with E-state index in [-0.39, 0.29) is 27.5 Å². The number of carboxylic acids is 1. The largest absolute Gasteiger partial charge is 0.478 e. The number of para-hydroxylation sites is 1. The highest BCUT2D eigenvalue weighted by Crippen LogP contribution is 2.34. The zero-order chi connectivity index (χ0) is 20.3. The fraction of sp³-hybridized carbons (Fsp3) is 0. The number of nitrogens with two attached hydrogens (primary N) is 1. The van der Waals surface area contributed by atoms with Crippen molar-refractivity contribution in [1.29, 1.82) is 0 Å². The highest BCUT2D eigenvalue weighted by atomic mass is 32.1. The van der Waals surface area contributed by atoms with Crippen LogP contribution < -0.4 is 11.1 Å². The molecule has 0 aliphatic rings. The van der Waals surface area contributed by atoms with Crippen LogP contribution in [0.3, 0.4) is 0 Å². The number of furan rings is 1. The van der Waals surface area contributed by atoms with E-state index in [9.17, 15) is 19.1 Å². The Hall–Kier alpha value is -3.65. The van der Waals surface area contributed by atoms with Gasteiger partial charge in [-0.25, -0.2) is 9.18 Å². The summed E-state index contributed by atoms with van der Waals surface area (Å²) in [5.74, 6) is -2.50. The van der Waals surface area contributed by atoms with E-state index in [0.29, 0.717) is 5.58 Å². The lowest BCUT2D eigenvalue weighted by atomic mass is 10.1. The molecule has 0 saturated heterocycles. The predicted octanol–water partition coefficient (Wildman–Crippen LogP) is 4.78. The maximum atomic E-state index is 12.9. The van der Waals surface area contributed by atoms with Crippen LogP contribution in [0.5, 0.6) is 0 Å². The van der Waals surface area contributed by atoms with E-state index in [4.69, 9.17) is 10.2 Å². The number of nitrogens with one attached hydrogen (secondary N) is 1. The van der Waals surface area contributed by atoms with E-state index in [1.54, 1.807) is 24.3 Å². The topological polar surface area (TPSA) is 106 Å². The van der Waals surface area contributed by atoms with Crippen molar-refractivity contribution in [1.82, 2.24) is 0 Å². The maximum Gasteiger partial charge on any atom is 0.339 e. The number of carbonyl (C=O) groups is 2. The highest BCUT2D eigenvalue weighted by Gasteiger charge is 2.23. The van der Waals surface area contributed by atoms with Crippen molar-refractivity contribution in [2.75, 3.05) is 5.32 Å². The van der Waals surface area contributed by atoms with Crippen molar-refractivity contribution in [2.45, 2.75) is 0 Å². The van der Waals surface area contributed by atoms with Crippen LogP contribution in [-0.4, -0.2) is 17.0 Å². The van der Waals surface area contributed by atoms with Gasteiger partial charge in [0.2, 0.25) is 0 Å². The van der Waals surface area contributed by atoms with Gasteiger partial charge >= 0.3 is 5.97 Å². The molecule has 0 fully saturated rings. The Morgan fingerprint density at radius 1 is 1.29 bits per heavy atom. The van der Waals surface area contributed by atoms with Gasteiger partial charge in [-0.2, -0.15) is 0 Å². The van der Waals surface area contributed by atoms with Crippen LogP contribution in [0.25, 0.3) is 16.5 Å². The number of amides is 1. The maximum absolute atomic E-state index is 12.9. The van der Waals surface area contributed by atoms with Crippen molar-refractivity contribution in [3.05, 3.63) is 82.7 Å². The Morgan fingerprint density at radius 3 is 2.68 bits per heavy atom. The Morgan fingerprint density at radius 2 is 2.04 bits per heavy atom. The molecule has 0 saturated carbocycles. The van der Waals surface area contributed by atoms with Crippen LogP contribution in [0.2, 0.25) is 0 Å². The van der Waals surface area contributed by atoms with Crippen LogP contribution >= 0.6 is 11.3 Å². The number of fused-ring (bicyclic) bond motifs is 1. The number of carboxylic acid groups (broad SMARTS) is 1. The molecule has 6 nitrogen and oxygen atoms in total. The Labute approximate surface area is 163 Å². The summed E-state index contributed by atoms with van der Waals surface area (Å²) >= 11 is 1.05. The van der Waals surface area contributed by atoms with Crippen molar-refractivity contribution in [3.8, 4) is 0 Å². The van der Waals surface area contributed by atoms with Crippen molar-refractivity contribution >= 4 is 45.4 Å². The molecular weight excluding hydrogens is 383 g/mol. The number of hydrogen-bond donors (Lipinski definition) is 3. The first-order chi connectivity index (χ1) is 13.4. The van der Waals surface area contributed by atoms with Crippen LogP contribution in [0, 0.1) is 0 Å². The number of thiophene rings is 1. The first-order valence-electron chi connectivity index (χ1n) is 8.00. The van der Waals surface area contributed by atoms with E-state index in [1.807, 2.05) is 6.07 Å². The summed E-state index contributed by atoms with van der Waals surface area (Å²) in [7, 11) is 0. The van der Waals surface area contributed by atoms with E-state index in [2.05, 4.69) is 11.9 Å². The third-order valence-corrected chi connectivity index (χ3v) is 4.82. The fourth-order valence-electron chi connectivity index (χ4n) is 2.54. The summed E-state index contributed by atoms with van der Waals surface area (Å²) in [6, 6.07) is 8.68. The molecule has 0 atom stereocenters. The Bertz CT molecular complexity index is 1110. The zero-order valence-corrected chi connectivity index (χ0v) is 15.3. The number of allylic oxidation sites excluding steroid dienone is 4. The van der Waals surface area contributed by atoms with Crippen molar-refractivity contribution in [3.63, 3.8) is 0 Å². The molecule has 3 aromatic rings. The Kier molecular flexibility index (Phi) is 5.42. The number of hydrogen-bond acceptors (Lipinski definition) is 5. The van der Waals surface area contributed by atoms with Crippen molar-refractivity contribution < 1.29 is 23.5 Å². The van der Waals surface area contributed by atoms with Crippen LogP contribution in [0.15, 0.2) is 70.9 Å². The smallest absolute Gasteiger partial charge is 0.339 e. The summed E-state index contributed by atoms with van der Waals surface area (Å²) in [5.41, 5.74) is 6.31. The minimum atomic E-state index is -1.26. The third-order valence-electron chi connectivity index (χ3n) is 3.79. The van der Waals surface area contributed by atoms with E-state index in [0.717, 1.165) is 29.0 Å². The van der Waals surface area contributed by atoms with E-state index < -0.39 is 17.7 Å². The quantitative estimate of drug-likeness (QED) is 0.518. The van der Waals surface area contributed by atoms with Crippen LogP contribution in [0.1, 0.15) is 25.8 Å². The summed E-state index contributed by atoms with van der Waals surface area (Å²) in [5, 5.41) is 14.4. The molecule has 1 aromatic carbocycles. The molecule has 3 rings (SSSR count). The lowest BCUT2D eigenvalue weighted by molar-refractivity contribution is 0.0698. The highest BCUT2D eigenvalue weighted by molar-refractivity contribution is 7.12. The van der Waals surface area contributed by atoms with Gasteiger partial charge in [0.25, 0.3) is 5.91 Å². The Balaban J connectivity index is 1.94. The molecule has 0 bridgehead atoms. The summed E-state index contributed by atoms with van der Waals surface area (Å²) in [6.45, 7) is 3.11. The fourth-order valence-corrected chi connectivity index (χ4v) is 3.54. The normalized spacial score (nSPS) is 11.8. The summed E-state index contributed by atoms with van der Waals surface area (Å²) in [6.07, 6.45) is 3.53. The number of carbonyl (C=O) groups excluding carboxylic acids is 1. The van der Waals surface area contributed by atoms with Gasteiger partial charge < -0.3 is 20.6 Å². The standard InChI is InChI=1S/C20H15FN2O4S/c1-11(21)6-7-13(9-22)18-17(20(25)26)14(10-28-18)23-19(24)16-8-12-4-2-3-5-15(12)27-16/h2-10H,1,22H2,(H,23,24)(H,25,26)/b7-6-,13-9+. The number of halogens is 1. The van der Waals surface area contributed by atoms with Gasteiger partial charge in [-0.15, -0.1) is 11.3 Å². The molecule has 0 aliphatic carbocycles. The van der Waals surface area contributed by atoms with Crippen LogP contribution in [0.4, 0.5) is 10.1 Å². The molecule has 142 valence electrons. The van der Waals surface area contributed by atoms with Crippen molar-refractivity contribution in [2.24, 2.45) is 5.73 Å². The van der Waals surface area contributed by atoms with Gasteiger partial charge in [0.05, 0.1) is 10.6 Å². The molecule has 8 heteroatoms. The van der Waals surface area contributed by atoms with Gasteiger partial charge in [-0.3, -0.25) is 4.79 Å². The molecule has 2 aromatic heterocycles. The summed E-state index contributed by atoms with van der Waals surface area (Å²) < 4.78 is 18.4. The van der Waals surface area contributed by atoms with E-state index in [1.165, 1.54) is 11.5 Å². The molecule has 2 heterocycles. The lowest BCUT2D eigenvalue weighted by Gasteiger charge is -2.05. The first kappa shape index (κ1) is 19.1. The van der Waals surface area contributed by atoms with E-state index >= 15 is 0 Å². The van der Waals surface area contributed by atoms with Crippen LogP contribution in [-0.2, 0) is 0 Å². The average Bonchev–Trinajstić information content (AvgIpc) is 3.26. The molecule has 0 aliphatic heterocycles. The molecule has 4 N–H and O–H groups in total. The minimum absolute atomic E-state index is 0.0495. The first-order valence-corrected chi connectivity index (χ1v) is 8.88. The monoisotopic (exact) mass is 398 g/mol. The lowest BCUT2D eigenvalue weighted by Crippen LogP contribution is -2.13.